The molecule has 0 atom stereocenters. The van der Waals surface area contributed by atoms with Crippen LogP contribution in [0.3, 0.4) is 0 Å². The van der Waals surface area contributed by atoms with Crippen LogP contribution >= 0.6 is 11.3 Å². The number of fused-ring (bicyclic) bond motifs is 1. The standard InChI is InChI=1S/C15H15N3O3S/c1-15(2,13(19)18-14-16-7-8-22-14)20-11-3-4-12-10(9-11)5-6-17-21-12/h3-4,6-9H,5H2,1-2H3,(H,16,18,19). The van der Waals surface area contributed by atoms with Crippen molar-refractivity contribution < 1.29 is 14.4 Å². The van der Waals surface area contributed by atoms with Crippen molar-refractivity contribution in [3.05, 3.63) is 35.3 Å². The normalized spacial score (nSPS) is 13.2. The molecule has 0 unspecified atom stereocenters. The van der Waals surface area contributed by atoms with Crippen molar-refractivity contribution in [2.24, 2.45) is 5.16 Å². The largest absolute Gasteiger partial charge is 0.478 e. The number of oxime groups is 1. The highest BCUT2D eigenvalue weighted by Crippen LogP contribution is 2.29. The predicted molar refractivity (Wildman–Crippen MR) is 84.7 cm³/mol. The van der Waals surface area contributed by atoms with Crippen LogP contribution in [-0.2, 0) is 11.2 Å². The highest BCUT2D eigenvalue weighted by Gasteiger charge is 2.31. The number of thiazole rings is 1. The van der Waals surface area contributed by atoms with Gasteiger partial charge in [-0.2, -0.15) is 0 Å². The fraction of sp³-hybridized carbons (Fsp3) is 0.267. The molecule has 2 aromatic rings. The van der Waals surface area contributed by atoms with E-state index in [1.807, 2.05) is 6.07 Å². The predicted octanol–water partition coefficient (Wildman–Crippen LogP) is 2.86. The summed E-state index contributed by atoms with van der Waals surface area (Å²) in [4.78, 5) is 21.5. The number of amides is 1. The molecule has 1 aromatic heterocycles. The second kappa shape index (κ2) is 5.76. The zero-order valence-corrected chi connectivity index (χ0v) is 13.0. The maximum absolute atomic E-state index is 12.3. The van der Waals surface area contributed by atoms with Crippen LogP contribution in [-0.4, -0.2) is 22.7 Å². The number of nitrogens with zero attached hydrogens (tertiary/aromatic N) is 2. The Labute approximate surface area is 131 Å². The fourth-order valence-corrected chi connectivity index (χ4v) is 2.50. The molecule has 0 bridgehead atoms. The molecule has 0 aliphatic carbocycles. The summed E-state index contributed by atoms with van der Waals surface area (Å²) in [6.07, 6.45) is 4.00. The Morgan fingerprint density at radius 2 is 2.32 bits per heavy atom. The summed E-state index contributed by atoms with van der Waals surface area (Å²) in [6, 6.07) is 5.41. The molecule has 0 saturated heterocycles. The van der Waals surface area contributed by atoms with E-state index < -0.39 is 5.60 Å². The van der Waals surface area contributed by atoms with E-state index in [2.05, 4.69) is 15.5 Å². The van der Waals surface area contributed by atoms with Gasteiger partial charge in [-0.05, 0) is 32.0 Å². The maximum Gasteiger partial charge on any atom is 0.269 e. The van der Waals surface area contributed by atoms with Crippen LogP contribution < -0.4 is 14.9 Å². The molecule has 22 heavy (non-hydrogen) atoms. The first-order valence-corrected chi connectivity index (χ1v) is 7.64. The van der Waals surface area contributed by atoms with Gasteiger partial charge in [-0.25, -0.2) is 4.98 Å². The van der Waals surface area contributed by atoms with Crippen molar-refractivity contribution in [1.82, 2.24) is 4.98 Å². The Kier molecular flexibility index (Phi) is 3.81. The molecule has 1 amide bonds. The number of hydrogen-bond acceptors (Lipinski definition) is 6. The summed E-state index contributed by atoms with van der Waals surface area (Å²) >= 11 is 1.36. The van der Waals surface area contributed by atoms with Gasteiger partial charge in [-0.1, -0.05) is 5.16 Å². The summed E-state index contributed by atoms with van der Waals surface area (Å²) in [5, 5.41) is 8.85. The smallest absolute Gasteiger partial charge is 0.269 e. The molecule has 6 nitrogen and oxygen atoms in total. The molecule has 1 aliphatic heterocycles. The number of ether oxygens (including phenoxy) is 1. The van der Waals surface area contributed by atoms with Gasteiger partial charge in [0, 0.05) is 29.8 Å². The van der Waals surface area contributed by atoms with Crippen LogP contribution in [0.15, 0.2) is 34.9 Å². The van der Waals surface area contributed by atoms with E-state index >= 15 is 0 Å². The van der Waals surface area contributed by atoms with Crippen molar-refractivity contribution in [3.63, 3.8) is 0 Å². The molecular weight excluding hydrogens is 302 g/mol. The number of carbonyl (C=O) groups excluding carboxylic acids is 1. The Bertz CT molecular complexity index is 711. The number of anilines is 1. The Morgan fingerprint density at radius 1 is 1.45 bits per heavy atom. The second-order valence-electron chi connectivity index (χ2n) is 5.26. The molecule has 3 rings (SSSR count). The average Bonchev–Trinajstić information content (AvgIpc) is 2.99. The third kappa shape index (κ3) is 3.09. The third-order valence-corrected chi connectivity index (χ3v) is 3.83. The summed E-state index contributed by atoms with van der Waals surface area (Å²) < 4.78 is 5.84. The summed E-state index contributed by atoms with van der Waals surface area (Å²) in [6.45, 7) is 3.43. The minimum absolute atomic E-state index is 0.252. The van der Waals surface area contributed by atoms with E-state index in [0.29, 0.717) is 23.1 Å². The van der Waals surface area contributed by atoms with Crippen molar-refractivity contribution in [2.75, 3.05) is 5.32 Å². The monoisotopic (exact) mass is 317 g/mol. The Hall–Kier alpha value is -2.41. The van der Waals surface area contributed by atoms with E-state index in [1.54, 1.807) is 43.8 Å². The van der Waals surface area contributed by atoms with Crippen LogP contribution in [0.2, 0.25) is 0 Å². The summed E-state index contributed by atoms with van der Waals surface area (Å²) in [5.74, 6) is 1.06. The van der Waals surface area contributed by atoms with Gasteiger partial charge in [0.25, 0.3) is 5.91 Å². The summed E-state index contributed by atoms with van der Waals surface area (Å²) in [5.41, 5.74) is -0.0487. The Balaban J connectivity index is 1.72. The maximum atomic E-state index is 12.3. The fourth-order valence-electron chi connectivity index (χ4n) is 1.97. The van der Waals surface area contributed by atoms with Gasteiger partial charge in [0.1, 0.15) is 5.75 Å². The molecule has 7 heteroatoms. The molecule has 0 radical (unpaired) electrons. The minimum atomic E-state index is -1.02. The first-order valence-electron chi connectivity index (χ1n) is 6.76. The first kappa shape index (κ1) is 14.5. The van der Waals surface area contributed by atoms with E-state index in [9.17, 15) is 4.79 Å². The number of nitrogens with one attached hydrogen (secondary N) is 1. The van der Waals surface area contributed by atoms with Crippen molar-refractivity contribution in [1.29, 1.82) is 0 Å². The quantitative estimate of drug-likeness (QED) is 0.941. The van der Waals surface area contributed by atoms with E-state index in [0.717, 1.165) is 5.56 Å². The van der Waals surface area contributed by atoms with E-state index in [-0.39, 0.29) is 5.91 Å². The number of carbonyl (C=O) groups is 1. The van der Waals surface area contributed by atoms with Crippen molar-refractivity contribution in [3.8, 4) is 11.5 Å². The number of rotatable bonds is 4. The second-order valence-corrected chi connectivity index (χ2v) is 6.15. The van der Waals surface area contributed by atoms with Crippen LogP contribution in [0, 0.1) is 0 Å². The first-order chi connectivity index (χ1) is 10.5. The lowest BCUT2D eigenvalue weighted by atomic mass is 10.1. The zero-order chi connectivity index (χ0) is 15.6. The van der Waals surface area contributed by atoms with Gasteiger partial charge in [0.15, 0.2) is 16.5 Å². The van der Waals surface area contributed by atoms with Gasteiger partial charge >= 0.3 is 0 Å². The molecule has 0 spiro atoms. The minimum Gasteiger partial charge on any atom is -0.478 e. The number of benzene rings is 1. The molecule has 0 saturated carbocycles. The average molecular weight is 317 g/mol. The molecule has 1 aromatic carbocycles. The SMILES string of the molecule is CC(C)(Oc1ccc2c(c1)CC=NO2)C(=O)Nc1nccs1. The zero-order valence-electron chi connectivity index (χ0n) is 12.2. The molecule has 0 fully saturated rings. The van der Waals surface area contributed by atoms with E-state index in [1.165, 1.54) is 11.3 Å². The number of hydrogen-bond donors (Lipinski definition) is 1. The van der Waals surface area contributed by atoms with Gasteiger partial charge < -0.3 is 9.57 Å². The van der Waals surface area contributed by atoms with Gasteiger partial charge in [-0.3, -0.25) is 10.1 Å². The lowest BCUT2D eigenvalue weighted by molar-refractivity contribution is -0.128. The summed E-state index contributed by atoms with van der Waals surface area (Å²) in [7, 11) is 0. The molecule has 114 valence electrons. The highest BCUT2D eigenvalue weighted by atomic mass is 32.1. The topological polar surface area (TPSA) is 72.8 Å². The van der Waals surface area contributed by atoms with Crippen molar-refractivity contribution >= 4 is 28.6 Å². The number of aromatic nitrogens is 1. The van der Waals surface area contributed by atoms with Gasteiger partial charge in [0.05, 0.1) is 0 Å². The molecule has 1 aliphatic rings. The van der Waals surface area contributed by atoms with Crippen LogP contribution in [0.4, 0.5) is 5.13 Å². The van der Waals surface area contributed by atoms with Gasteiger partial charge in [-0.15, -0.1) is 11.3 Å². The van der Waals surface area contributed by atoms with Crippen molar-refractivity contribution in [2.45, 2.75) is 25.9 Å². The third-order valence-electron chi connectivity index (χ3n) is 3.14. The molecule has 2 heterocycles. The Morgan fingerprint density at radius 3 is 3.09 bits per heavy atom. The molecule has 1 N–H and O–H groups in total. The highest BCUT2D eigenvalue weighted by molar-refractivity contribution is 7.13. The lowest BCUT2D eigenvalue weighted by Gasteiger charge is -2.25. The van der Waals surface area contributed by atoms with Crippen LogP contribution in [0.1, 0.15) is 19.4 Å². The lowest BCUT2D eigenvalue weighted by Crippen LogP contribution is -2.42. The van der Waals surface area contributed by atoms with Gasteiger partial charge in [0.2, 0.25) is 0 Å². The van der Waals surface area contributed by atoms with Crippen LogP contribution in [0.25, 0.3) is 0 Å². The molecular formula is C15H15N3O3S. The van der Waals surface area contributed by atoms with E-state index in [4.69, 9.17) is 9.57 Å². The van der Waals surface area contributed by atoms with Crippen LogP contribution in [0.5, 0.6) is 11.5 Å².